The number of hydrogen-bond acceptors (Lipinski definition) is 3. The Bertz CT molecular complexity index is 667. The molecule has 0 aromatic heterocycles. The molecule has 1 aromatic rings. The van der Waals surface area contributed by atoms with Crippen molar-refractivity contribution in [1.29, 1.82) is 0 Å². The molecule has 2 rings (SSSR count). The van der Waals surface area contributed by atoms with Gasteiger partial charge in [0.15, 0.2) is 0 Å². The maximum absolute atomic E-state index is 12.7. The van der Waals surface area contributed by atoms with Gasteiger partial charge in [-0.3, -0.25) is 14.5 Å². The fourth-order valence-electron chi connectivity index (χ4n) is 3.50. The van der Waals surface area contributed by atoms with Gasteiger partial charge < -0.3 is 10.6 Å². The monoisotopic (exact) mass is 413 g/mol. The number of hydrogen-bond donors (Lipinski definition) is 2. The zero-order valence-corrected chi connectivity index (χ0v) is 17.7. The van der Waals surface area contributed by atoms with Crippen molar-refractivity contribution in [3.63, 3.8) is 0 Å². The highest BCUT2D eigenvalue weighted by Crippen LogP contribution is 2.21. The Balaban J connectivity index is 2.00. The van der Waals surface area contributed by atoms with E-state index in [-0.39, 0.29) is 22.8 Å². The number of benzene rings is 1. The highest BCUT2D eigenvalue weighted by atomic mass is 35.5. The van der Waals surface area contributed by atoms with Crippen molar-refractivity contribution in [3.8, 4) is 0 Å². The van der Waals surface area contributed by atoms with Crippen molar-refractivity contribution in [3.05, 3.63) is 33.8 Å². The Morgan fingerprint density at radius 2 is 2.04 bits per heavy atom. The zero-order valence-electron chi connectivity index (χ0n) is 16.2. The number of carbonyl (C=O) groups is 2. The molecule has 1 aromatic carbocycles. The third kappa shape index (κ3) is 6.37. The Hall–Kier alpha value is -1.30. The van der Waals surface area contributed by atoms with Crippen LogP contribution in [0.1, 0.15) is 50.4 Å². The van der Waals surface area contributed by atoms with Gasteiger partial charge >= 0.3 is 0 Å². The normalized spacial score (nSPS) is 18.5. The molecule has 2 unspecified atom stereocenters. The standard InChI is InChI=1S/C20H29Cl2N3O2/c1-4-25-9-5-6-15(25)12-23-20(27)18(10-13(2)3)24-19(26)16-8-7-14(21)11-17(16)22/h7-8,11,13,15,18H,4-6,9-10,12H2,1-3H3,(H,23,27)(H,24,26). The SMILES string of the molecule is CCN1CCCC1CNC(=O)C(CC(C)C)NC(=O)c1ccc(Cl)cc1Cl. The first-order valence-corrected chi connectivity index (χ1v) is 10.3. The third-order valence-corrected chi connectivity index (χ3v) is 5.47. The molecule has 1 saturated heterocycles. The van der Waals surface area contributed by atoms with Crippen LogP contribution in [0, 0.1) is 5.92 Å². The Morgan fingerprint density at radius 1 is 1.30 bits per heavy atom. The van der Waals surface area contributed by atoms with E-state index in [1.165, 1.54) is 6.07 Å². The molecule has 2 atom stereocenters. The van der Waals surface area contributed by atoms with Gasteiger partial charge in [-0.25, -0.2) is 0 Å². The molecule has 0 aliphatic carbocycles. The molecule has 1 aliphatic heterocycles. The maximum Gasteiger partial charge on any atom is 0.253 e. The first kappa shape index (κ1) is 22.0. The molecule has 0 spiro atoms. The summed E-state index contributed by atoms with van der Waals surface area (Å²) in [7, 11) is 0. The third-order valence-electron chi connectivity index (χ3n) is 4.92. The van der Waals surface area contributed by atoms with Gasteiger partial charge in [0.05, 0.1) is 10.6 Å². The Morgan fingerprint density at radius 3 is 2.67 bits per heavy atom. The van der Waals surface area contributed by atoms with E-state index in [1.807, 2.05) is 13.8 Å². The van der Waals surface area contributed by atoms with Crippen LogP contribution in [0.25, 0.3) is 0 Å². The summed E-state index contributed by atoms with van der Waals surface area (Å²) in [4.78, 5) is 27.7. The van der Waals surface area contributed by atoms with E-state index in [0.29, 0.717) is 29.6 Å². The van der Waals surface area contributed by atoms with Gasteiger partial charge in [-0.15, -0.1) is 0 Å². The van der Waals surface area contributed by atoms with Crippen LogP contribution in [-0.4, -0.2) is 48.4 Å². The van der Waals surface area contributed by atoms with Crippen molar-refractivity contribution < 1.29 is 9.59 Å². The van der Waals surface area contributed by atoms with Crippen molar-refractivity contribution in [2.24, 2.45) is 5.92 Å². The molecule has 27 heavy (non-hydrogen) atoms. The first-order chi connectivity index (χ1) is 12.8. The van der Waals surface area contributed by atoms with Gasteiger partial charge in [-0.2, -0.15) is 0 Å². The minimum atomic E-state index is -0.597. The summed E-state index contributed by atoms with van der Waals surface area (Å²) in [6.45, 7) is 8.87. The number of rotatable bonds is 8. The lowest BCUT2D eigenvalue weighted by Gasteiger charge is -2.25. The molecule has 7 heteroatoms. The molecule has 1 aliphatic rings. The first-order valence-electron chi connectivity index (χ1n) is 9.59. The molecule has 1 heterocycles. The van der Waals surface area contributed by atoms with Crippen LogP contribution in [0.3, 0.4) is 0 Å². The van der Waals surface area contributed by atoms with Crippen LogP contribution in [0.4, 0.5) is 0 Å². The Labute approximate surface area is 171 Å². The molecule has 0 saturated carbocycles. The zero-order chi connectivity index (χ0) is 20.0. The van der Waals surface area contributed by atoms with Crippen molar-refractivity contribution in [2.45, 2.75) is 52.1 Å². The summed E-state index contributed by atoms with van der Waals surface area (Å²) in [5.41, 5.74) is 0.315. The number of nitrogens with zero attached hydrogens (tertiary/aromatic N) is 1. The topological polar surface area (TPSA) is 61.4 Å². The number of likely N-dealkylation sites (N-methyl/N-ethyl adjacent to an activating group) is 1. The number of carbonyl (C=O) groups excluding carboxylic acids is 2. The van der Waals surface area contributed by atoms with Crippen LogP contribution < -0.4 is 10.6 Å². The summed E-state index contributed by atoms with van der Waals surface area (Å²) in [5, 5.41) is 6.59. The predicted molar refractivity (Wildman–Crippen MR) is 110 cm³/mol. The van der Waals surface area contributed by atoms with Gasteiger partial charge in [0.2, 0.25) is 5.91 Å². The van der Waals surface area contributed by atoms with Crippen LogP contribution in [0.2, 0.25) is 10.0 Å². The van der Waals surface area contributed by atoms with E-state index < -0.39 is 6.04 Å². The van der Waals surface area contributed by atoms with Gasteiger partial charge in [-0.1, -0.05) is 44.0 Å². The van der Waals surface area contributed by atoms with E-state index in [2.05, 4.69) is 22.5 Å². The van der Waals surface area contributed by atoms with Crippen LogP contribution in [0.5, 0.6) is 0 Å². The number of likely N-dealkylation sites (tertiary alicyclic amines) is 1. The molecule has 5 nitrogen and oxygen atoms in total. The lowest BCUT2D eigenvalue weighted by Crippen LogP contribution is -2.50. The van der Waals surface area contributed by atoms with Crippen LogP contribution in [-0.2, 0) is 4.79 Å². The van der Waals surface area contributed by atoms with Crippen LogP contribution >= 0.6 is 23.2 Å². The van der Waals surface area contributed by atoms with Gasteiger partial charge in [0.1, 0.15) is 6.04 Å². The highest BCUT2D eigenvalue weighted by molar-refractivity contribution is 6.36. The van der Waals surface area contributed by atoms with E-state index in [1.54, 1.807) is 12.1 Å². The summed E-state index contributed by atoms with van der Waals surface area (Å²) < 4.78 is 0. The van der Waals surface area contributed by atoms with Gasteiger partial charge in [-0.05, 0) is 56.5 Å². The molecule has 1 fully saturated rings. The lowest BCUT2D eigenvalue weighted by atomic mass is 10.0. The number of amides is 2. The van der Waals surface area contributed by atoms with Crippen molar-refractivity contribution in [2.75, 3.05) is 19.6 Å². The fourth-order valence-corrected chi connectivity index (χ4v) is 3.99. The Kier molecular flexibility index (Phi) is 8.39. The minimum absolute atomic E-state index is 0.148. The molecule has 0 radical (unpaired) electrons. The smallest absolute Gasteiger partial charge is 0.253 e. The largest absolute Gasteiger partial charge is 0.353 e. The second-order valence-electron chi connectivity index (χ2n) is 7.45. The van der Waals surface area contributed by atoms with E-state index in [9.17, 15) is 9.59 Å². The second-order valence-corrected chi connectivity index (χ2v) is 8.29. The molecular formula is C20H29Cl2N3O2. The molecule has 0 bridgehead atoms. The maximum atomic E-state index is 12.7. The second kappa shape index (κ2) is 10.3. The summed E-state index contributed by atoms with van der Waals surface area (Å²) in [6, 6.07) is 4.48. The van der Waals surface area contributed by atoms with Crippen molar-refractivity contribution in [1.82, 2.24) is 15.5 Å². The van der Waals surface area contributed by atoms with Crippen LogP contribution in [0.15, 0.2) is 18.2 Å². The molecule has 150 valence electrons. The predicted octanol–water partition coefficient (Wildman–Crippen LogP) is 3.74. The van der Waals surface area contributed by atoms with Gasteiger partial charge in [0.25, 0.3) is 5.91 Å². The summed E-state index contributed by atoms with van der Waals surface area (Å²) in [5.74, 6) is -0.251. The lowest BCUT2D eigenvalue weighted by molar-refractivity contribution is -0.123. The highest BCUT2D eigenvalue weighted by Gasteiger charge is 2.27. The average molecular weight is 414 g/mol. The van der Waals surface area contributed by atoms with Gasteiger partial charge in [0, 0.05) is 17.6 Å². The van der Waals surface area contributed by atoms with Crippen molar-refractivity contribution >= 4 is 35.0 Å². The summed E-state index contributed by atoms with van der Waals surface area (Å²) in [6.07, 6.45) is 2.82. The minimum Gasteiger partial charge on any atom is -0.353 e. The molecule has 2 N–H and O–H groups in total. The average Bonchev–Trinajstić information content (AvgIpc) is 3.06. The molecular weight excluding hydrogens is 385 g/mol. The van der Waals surface area contributed by atoms with E-state index in [0.717, 1.165) is 25.9 Å². The van der Waals surface area contributed by atoms with E-state index in [4.69, 9.17) is 23.2 Å². The quantitative estimate of drug-likeness (QED) is 0.681. The summed E-state index contributed by atoms with van der Waals surface area (Å²) >= 11 is 12.0. The number of nitrogens with one attached hydrogen (secondary N) is 2. The fraction of sp³-hybridized carbons (Fsp3) is 0.600. The number of halogens is 2. The van der Waals surface area contributed by atoms with E-state index >= 15 is 0 Å². The molecule has 2 amide bonds.